The van der Waals surface area contributed by atoms with Gasteiger partial charge in [-0.25, -0.2) is 0 Å². The van der Waals surface area contributed by atoms with Crippen molar-refractivity contribution < 1.29 is 13.9 Å². The van der Waals surface area contributed by atoms with E-state index in [0.29, 0.717) is 25.3 Å². The van der Waals surface area contributed by atoms with Crippen molar-refractivity contribution in [3.8, 4) is 0 Å². The van der Waals surface area contributed by atoms with Crippen molar-refractivity contribution in [1.82, 2.24) is 15.5 Å². The third-order valence-electron chi connectivity index (χ3n) is 5.76. The molecule has 0 bridgehead atoms. The second-order valence-corrected chi connectivity index (χ2v) is 8.03. The summed E-state index contributed by atoms with van der Waals surface area (Å²) >= 11 is 0. The fourth-order valence-corrected chi connectivity index (χ4v) is 4.00. The molecule has 0 radical (unpaired) electrons. The normalized spacial score (nSPS) is 16.0. The van der Waals surface area contributed by atoms with Gasteiger partial charge >= 0.3 is 0 Å². The van der Waals surface area contributed by atoms with E-state index in [9.17, 15) is 4.79 Å². The van der Waals surface area contributed by atoms with E-state index in [-0.39, 0.29) is 36.0 Å². The Morgan fingerprint density at radius 2 is 1.94 bits per heavy atom. The summed E-state index contributed by atoms with van der Waals surface area (Å²) in [6.45, 7) is 5.20. The lowest BCUT2D eigenvalue weighted by molar-refractivity contribution is -0.00834. The molecule has 1 amide bonds. The second-order valence-electron chi connectivity index (χ2n) is 8.03. The SMILES string of the molecule is CN=C(NCc1cccc(C(=O)NCc2ccco2)c1)N1CCOC(c2ccccc2C)C1.I. The molecule has 8 heteroatoms. The highest BCUT2D eigenvalue weighted by Gasteiger charge is 2.25. The maximum Gasteiger partial charge on any atom is 0.251 e. The van der Waals surface area contributed by atoms with Crippen molar-refractivity contribution in [3.63, 3.8) is 0 Å². The van der Waals surface area contributed by atoms with Gasteiger partial charge in [0.05, 0.1) is 26.0 Å². The van der Waals surface area contributed by atoms with E-state index in [1.54, 1.807) is 19.4 Å². The van der Waals surface area contributed by atoms with Crippen molar-refractivity contribution in [2.24, 2.45) is 4.99 Å². The molecule has 4 rings (SSSR count). The van der Waals surface area contributed by atoms with Gasteiger partial charge in [-0.05, 0) is 47.9 Å². The topological polar surface area (TPSA) is 79.1 Å². The van der Waals surface area contributed by atoms with Gasteiger partial charge in [0.25, 0.3) is 5.91 Å². The summed E-state index contributed by atoms with van der Waals surface area (Å²) in [5, 5.41) is 6.32. The molecule has 0 spiro atoms. The molecule has 1 fully saturated rings. The van der Waals surface area contributed by atoms with Crippen LogP contribution in [-0.2, 0) is 17.8 Å². The number of benzene rings is 2. The zero-order valence-electron chi connectivity index (χ0n) is 19.5. The molecule has 1 aromatic heterocycles. The number of carbonyl (C=O) groups is 1. The van der Waals surface area contributed by atoms with Crippen LogP contribution < -0.4 is 10.6 Å². The maximum absolute atomic E-state index is 12.5. The summed E-state index contributed by atoms with van der Waals surface area (Å²) in [5.74, 6) is 1.41. The van der Waals surface area contributed by atoms with E-state index < -0.39 is 0 Å². The third kappa shape index (κ3) is 6.60. The Labute approximate surface area is 217 Å². The van der Waals surface area contributed by atoms with Crippen molar-refractivity contribution >= 4 is 35.8 Å². The number of hydrogen-bond donors (Lipinski definition) is 2. The quantitative estimate of drug-likeness (QED) is 0.261. The molecule has 3 aromatic rings. The smallest absolute Gasteiger partial charge is 0.251 e. The molecule has 1 unspecified atom stereocenters. The first-order valence-electron chi connectivity index (χ1n) is 11.2. The first kappa shape index (κ1) is 25.8. The predicted octanol–water partition coefficient (Wildman–Crippen LogP) is 4.28. The molecule has 34 heavy (non-hydrogen) atoms. The number of hydrogen-bond acceptors (Lipinski definition) is 4. The van der Waals surface area contributed by atoms with Crippen molar-refractivity contribution in [1.29, 1.82) is 0 Å². The minimum atomic E-state index is -0.133. The summed E-state index contributed by atoms with van der Waals surface area (Å²) in [6, 6.07) is 19.6. The number of nitrogens with one attached hydrogen (secondary N) is 2. The molecule has 2 N–H and O–H groups in total. The van der Waals surface area contributed by atoms with Crippen molar-refractivity contribution in [2.75, 3.05) is 26.7 Å². The van der Waals surface area contributed by atoms with Crippen LogP contribution in [0.3, 0.4) is 0 Å². The van der Waals surface area contributed by atoms with Crippen LogP contribution in [0.15, 0.2) is 76.3 Å². The van der Waals surface area contributed by atoms with Crippen LogP contribution in [0.1, 0.15) is 38.9 Å². The summed E-state index contributed by atoms with van der Waals surface area (Å²) < 4.78 is 11.3. The third-order valence-corrected chi connectivity index (χ3v) is 5.76. The maximum atomic E-state index is 12.5. The van der Waals surface area contributed by atoms with Gasteiger partial charge in [-0.3, -0.25) is 9.79 Å². The van der Waals surface area contributed by atoms with Gasteiger partial charge in [-0.2, -0.15) is 0 Å². The standard InChI is InChI=1S/C26H30N4O3.HI/c1-19-7-3-4-11-23(19)24-18-30(12-14-33-24)26(27-2)29-16-20-8-5-9-21(15-20)25(31)28-17-22-10-6-13-32-22;/h3-11,13,15,24H,12,14,16-18H2,1-2H3,(H,27,29)(H,28,31);1H. The van der Waals surface area contributed by atoms with E-state index >= 15 is 0 Å². The lowest BCUT2D eigenvalue weighted by atomic mass is 10.0. The number of aryl methyl sites for hydroxylation is 1. The zero-order chi connectivity index (χ0) is 23.0. The summed E-state index contributed by atoms with van der Waals surface area (Å²) in [6.07, 6.45) is 1.61. The summed E-state index contributed by atoms with van der Waals surface area (Å²) in [4.78, 5) is 19.2. The first-order valence-corrected chi connectivity index (χ1v) is 11.2. The Morgan fingerprint density at radius 1 is 1.09 bits per heavy atom. The number of amides is 1. The number of furan rings is 1. The number of guanidine groups is 1. The van der Waals surface area contributed by atoms with Crippen molar-refractivity contribution in [3.05, 3.63) is 94.9 Å². The van der Waals surface area contributed by atoms with Crippen LogP contribution >= 0.6 is 24.0 Å². The van der Waals surface area contributed by atoms with Gasteiger partial charge in [-0.1, -0.05) is 36.4 Å². The molecule has 180 valence electrons. The van der Waals surface area contributed by atoms with Gasteiger partial charge in [0.15, 0.2) is 5.96 Å². The molecule has 2 aromatic carbocycles. The molecular weight excluding hydrogens is 543 g/mol. The largest absolute Gasteiger partial charge is 0.467 e. The number of morpholine rings is 1. The Kier molecular flexibility index (Phi) is 9.52. The van der Waals surface area contributed by atoms with Gasteiger partial charge in [0.1, 0.15) is 11.9 Å². The first-order chi connectivity index (χ1) is 16.1. The molecule has 7 nitrogen and oxygen atoms in total. The van der Waals surface area contributed by atoms with Gasteiger partial charge in [0.2, 0.25) is 0 Å². The second kappa shape index (κ2) is 12.6. The Hall–Kier alpha value is -2.85. The molecule has 1 saturated heterocycles. The van der Waals surface area contributed by atoms with Crippen LogP contribution in [0, 0.1) is 6.92 Å². The molecule has 0 saturated carbocycles. The highest BCUT2D eigenvalue weighted by atomic mass is 127. The van der Waals surface area contributed by atoms with Crippen LogP contribution in [0.25, 0.3) is 0 Å². The minimum absolute atomic E-state index is 0. The number of rotatable bonds is 6. The monoisotopic (exact) mass is 574 g/mol. The number of nitrogens with zero attached hydrogens (tertiary/aromatic N) is 2. The lowest BCUT2D eigenvalue weighted by Gasteiger charge is -2.35. The number of ether oxygens (including phenoxy) is 1. The molecule has 1 aliphatic heterocycles. The number of halogens is 1. The molecule has 2 heterocycles. The summed E-state index contributed by atoms with van der Waals surface area (Å²) in [7, 11) is 1.79. The van der Waals surface area contributed by atoms with Crippen LogP contribution in [0.4, 0.5) is 0 Å². The minimum Gasteiger partial charge on any atom is -0.467 e. The average Bonchev–Trinajstić information content (AvgIpc) is 3.37. The number of aliphatic imine (C=N–C) groups is 1. The molecule has 0 aliphatic carbocycles. The van der Waals surface area contributed by atoms with Crippen LogP contribution in [0.2, 0.25) is 0 Å². The number of carbonyl (C=O) groups excluding carboxylic acids is 1. The predicted molar refractivity (Wildman–Crippen MR) is 143 cm³/mol. The zero-order valence-corrected chi connectivity index (χ0v) is 21.8. The van der Waals surface area contributed by atoms with E-state index in [4.69, 9.17) is 9.15 Å². The summed E-state index contributed by atoms with van der Waals surface area (Å²) in [5.41, 5.74) is 4.06. The van der Waals surface area contributed by atoms with Crippen LogP contribution in [-0.4, -0.2) is 43.5 Å². The molecule has 1 atom stereocenters. The fourth-order valence-electron chi connectivity index (χ4n) is 4.00. The van der Waals surface area contributed by atoms with Crippen molar-refractivity contribution in [2.45, 2.75) is 26.1 Å². The fraction of sp³-hybridized carbons (Fsp3) is 0.308. The van der Waals surface area contributed by atoms with E-state index in [0.717, 1.165) is 30.4 Å². The average molecular weight is 574 g/mol. The highest BCUT2D eigenvalue weighted by molar-refractivity contribution is 14.0. The molecule has 1 aliphatic rings. The van der Waals surface area contributed by atoms with Gasteiger partial charge in [0, 0.05) is 25.7 Å². The Morgan fingerprint density at radius 3 is 2.71 bits per heavy atom. The Balaban J connectivity index is 0.00000324. The Bertz CT molecular complexity index is 1100. The van der Waals surface area contributed by atoms with E-state index in [1.165, 1.54) is 11.1 Å². The van der Waals surface area contributed by atoms with Gasteiger partial charge < -0.3 is 24.7 Å². The van der Waals surface area contributed by atoms with E-state index in [1.807, 2.05) is 36.4 Å². The highest BCUT2D eigenvalue weighted by Crippen LogP contribution is 2.25. The van der Waals surface area contributed by atoms with Gasteiger partial charge in [-0.15, -0.1) is 24.0 Å². The lowest BCUT2D eigenvalue weighted by Crippen LogP contribution is -2.48. The molecular formula is C26H31IN4O3. The van der Waals surface area contributed by atoms with E-state index in [2.05, 4.69) is 45.6 Å². The van der Waals surface area contributed by atoms with Crippen LogP contribution in [0.5, 0.6) is 0 Å².